The van der Waals surface area contributed by atoms with Gasteiger partial charge in [0.15, 0.2) is 12.4 Å². The van der Waals surface area contributed by atoms with Crippen LogP contribution in [0.1, 0.15) is 0 Å². The second kappa shape index (κ2) is 3.00. The molecule has 0 saturated carbocycles. The van der Waals surface area contributed by atoms with Crippen molar-refractivity contribution in [2.24, 2.45) is 0 Å². The second-order valence-corrected chi connectivity index (χ2v) is 1.66. The van der Waals surface area contributed by atoms with Crippen LogP contribution >= 0.6 is 0 Å². The van der Waals surface area contributed by atoms with E-state index in [4.69, 9.17) is 15.3 Å². The van der Waals surface area contributed by atoms with Crippen molar-refractivity contribution >= 4 is 6.29 Å². The summed E-state index contributed by atoms with van der Waals surface area (Å²) in [5, 5.41) is 24.1. The fourth-order valence-electron chi connectivity index (χ4n) is 0.280. The lowest BCUT2D eigenvalue weighted by molar-refractivity contribution is -0.273. The lowest BCUT2D eigenvalue weighted by atomic mass is 10.2. The molecule has 0 fully saturated rings. The number of aldehydes is 1. The van der Waals surface area contributed by atoms with Crippen molar-refractivity contribution in [2.45, 2.75) is 18.3 Å². The fraction of sp³-hybridized carbons (Fsp3) is 0.750. The Hall–Kier alpha value is -0.590. The molecule has 2 atom stereocenters. The number of aliphatic hydroxyl groups excluding tert-OH is 2. The Morgan fingerprint density at radius 2 is 1.80 bits per heavy atom. The smallest absolute Gasteiger partial charge is 0.382 e. The van der Waals surface area contributed by atoms with Gasteiger partial charge in [0.1, 0.15) is 6.10 Å². The van der Waals surface area contributed by atoms with Crippen molar-refractivity contribution in [3.05, 3.63) is 0 Å². The normalized spacial score (nSPS) is 18.1. The van der Waals surface area contributed by atoms with E-state index in [-0.39, 0.29) is 6.29 Å². The molecule has 0 unspecified atom stereocenters. The highest BCUT2D eigenvalue weighted by Crippen LogP contribution is 2.15. The summed E-state index contributed by atoms with van der Waals surface area (Å²) in [5.41, 5.74) is 0. The molecule has 0 aliphatic heterocycles. The van der Waals surface area contributed by atoms with Gasteiger partial charge in [-0.05, 0) is 0 Å². The predicted molar refractivity (Wildman–Crippen MR) is 25.2 cm³/mol. The molecule has 0 spiro atoms. The lowest BCUT2D eigenvalue weighted by Gasteiger charge is -2.17. The Labute approximate surface area is 54.7 Å². The number of hydrogen-bond acceptors (Lipinski definition) is 4. The molecule has 3 N–H and O–H groups in total. The van der Waals surface area contributed by atoms with Crippen LogP contribution in [0.2, 0.25) is 0 Å². The van der Waals surface area contributed by atoms with Crippen LogP contribution in [0.25, 0.3) is 0 Å². The predicted octanol–water partition coefficient (Wildman–Crippen LogP) is -1.51. The Morgan fingerprint density at radius 3 is 1.90 bits per heavy atom. The van der Waals surface area contributed by atoms with Crippen LogP contribution < -0.4 is 0 Å². The van der Waals surface area contributed by atoms with E-state index in [1.165, 1.54) is 0 Å². The van der Waals surface area contributed by atoms with Gasteiger partial charge in [-0.25, -0.2) is 0 Å². The lowest BCUT2D eigenvalue weighted by Crippen LogP contribution is -2.43. The summed E-state index contributed by atoms with van der Waals surface area (Å²) >= 11 is 0. The summed E-state index contributed by atoms with van der Waals surface area (Å²) in [7, 11) is 0. The van der Waals surface area contributed by atoms with E-state index in [0.29, 0.717) is 0 Å². The summed E-state index contributed by atoms with van der Waals surface area (Å²) in [5.74, 6) is 0. The summed E-state index contributed by atoms with van der Waals surface area (Å²) in [6, 6.07) is 0. The minimum atomic E-state index is -4.44. The molecule has 0 bridgehead atoms. The Kier molecular flexibility index (Phi) is 2.82. The average molecular weight is 156 g/mol. The van der Waals surface area contributed by atoms with Gasteiger partial charge in [0.25, 0.3) is 0 Å². The first-order valence-electron chi connectivity index (χ1n) is 2.31. The average Bonchev–Trinajstić information content (AvgIpc) is 1.83. The highest BCUT2D eigenvalue weighted by Gasteiger charge is 2.40. The summed E-state index contributed by atoms with van der Waals surface area (Å²) in [4.78, 5) is 9.54. The zero-order valence-corrected chi connectivity index (χ0v) is 4.74. The van der Waals surface area contributed by atoms with Crippen LogP contribution in [0.5, 0.6) is 0 Å². The first-order valence-corrected chi connectivity index (χ1v) is 2.31. The van der Waals surface area contributed by atoms with Crippen molar-refractivity contribution < 1.29 is 28.9 Å². The number of alkyl halides is 2. The van der Waals surface area contributed by atoms with Crippen LogP contribution in [-0.2, 0) is 4.79 Å². The molecule has 0 aliphatic rings. The van der Waals surface area contributed by atoms with E-state index in [2.05, 4.69) is 0 Å². The standard InChI is InChI=1S/C4H6F2O4/c5-4(6,10)3(9)2(8)1-7/h1-3,8-10H/t2-,3-/m0/s1. The molecule has 0 amide bonds. The Balaban J connectivity index is 4.07. The van der Waals surface area contributed by atoms with E-state index >= 15 is 0 Å². The van der Waals surface area contributed by atoms with Gasteiger partial charge in [-0.2, -0.15) is 8.78 Å². The molecule has 10 heavy (non-hydrogen) atoms. The van der Waals surface area contributed by atoms with Gasteiger partial charge < -0.3 is 20.1 Å². The highest BCUT2D eigenvalue weighted by molar-refractivity contribution is 5.56. The number of aliphatic hydroxyl groups is 3. The number of carbonyl (C=O) groups is 1. The van der Waals surface area contributed by atoms with E-state index < -0.39 is 18.3 Å². The van der Waals surface area contributed by atoms with E-state index in [0.717, 1.165) is 0 Å². The first kappa shape index (κ1) is 9.41. The first-order chi connectivity index (χ1) is 4.39. The highest BCUT2D eigenvalue weighted by atomic mass is 19.3. The molecule has 0 radical (unpaired) electrons. The van der Waals surface area contributed by atoms with Crippen molar-refractivity contribution in [1.29, 1.82) is 0 Å². The van der Waals surface area contributed by atoms with Gasteiger partial charge in [0, 0.05) is 0 Å². The van der Waals surface area contributed by atoms with Crippen LogP contribution in [0.4, 0.5) is 8.78 Å². The van der Waals surface area contributed by atoms with Crippen molar-refractivity contribution in [2.75, 3.05) is 0 Å². The molecule has 0 rings (SSSR count). The topological polar surface area (TPSA) is 77.8 Å². The van der Waals surface area contributed by atoms with Gasteiger partial charge >= 0.3 is 6.11 Å². The molecule has 4 nitrogen and oxygen atoms in total. The third kappa shape index (κ3) is 2.34. The van der Waals surface area contributed by atoms with Crippen molar-refractivity contribution in [3.8, 4) is 0 Å². The van der Waals surface area contributed by atoms with E-state index in [1.54, 1.807) is 0 Å². The Morgan fingerprint density at radius 1 is 1.40 bits per heavy atom. The van der Waals surface area contributed by atoms with Crippen molar-refractivity contribution in [1.82, 2.24) is 0 Å². The minimum absolute atomic E-state index is 0.297. The maximum Gasteiger partial charge on any atom is 0.382 e. The van der Waals surface area contributed by atoms with Crippen LogP contribution in [0.15, 0.2) is 0 Å². The molecule has 0 aromatic carbocycles. The molecule has 0 aliphatic carbocycles. The van der Waals surface area contributed by atoms with E-state index in [9.17, 15) is 13.6 Å². The number of rotatable bonds is 3. The van der Waals surface area contributed by atoms with Gasteiger partial charge in [-0.15, -0.1) is 0 Å². The Bertz CT molecular complexity index is 121. The molecule has 6 heteroatoms. The molecular weight excluding hydrogens is 150 g/mol. The zero-order chi connectivity index (χ0) is 8.36. The molecule has 0 saturated heterocycles. The van der Waals surface area contributed by atoms with Gasteiger partial charge in [-0.1, -0.05) is 0 Å². The molecule has 60 valence electrons. The largest absolute Gasteiger partial charge is 0.383 e. The molecule has 0 heterocycles. The summed E-state index contributed by atoms with van der Waals surface area (Å²) in [6.45, 7) is 0. The quantitative estimate of drug-likeness (QED) is 0.434. The fourth-order valence-corrected chi connectivity index (χ4v) is 0.280. The molecule has 0 aromatic rings. The van der Waals surface area contributed by atoms with Gasteiger partial charge in [0.05, 0.1) is 0 Å². The van der Waals surface area contributed by atoms with Crippen LogP contribution in [-0.4, -0.2) is 39.9 Å². The van der Waals surface area contributed by atoms with Crippen molar-refractivity contribution in [3.63, 3.8) is 0 Å². The molecular formula is C4H6F2O4. The number of halogens is 2. The minimum Gasteiger partial charge on any atom is -0.383 e. The summed E-state index contributed by atoms with van der Waals surface area (Å²) < 4.78 is 23.1. The van der Waals surface area contributed by atoms with Crippen LogP contribution in [0, 0.1) is 0 Å². The van der Waals surface area contributed by atoms with Crippen LogP contribution in [0.3, 0.4) is 0 Å². The number of hydrogen-bond donors (Lipinski definition) is 3. The second-order valence-electron chi connectivity index (χ2n) is 1.66. The summed E-state index contributed by atoms with van der Waals surface area (Å²) in [6.07, 6.45) is -9.76. The number of carbonyl (C=O) groups excluding carboxylic acids is 1. The van der Waals surface area contributed by atoms with Gasteiger partial charge in [0.2, 0.25) is 0 Å². The maximum absolute atomic E-state index is 11.5. The van der Waals surface area contributed by atoms with Gasteiger partial charge in [-0.3, -0.25) is 0 Å². The van der Waals surface area contributed by atoms with E-state index in [1.807, 2.05) is 0 Å². The SMILES string of the molecule is O=C[C@H](O)[C@H](O)C(O)(F)F. The third-order valence-electron chi connectivity index (χ3n) is 0.819. The molecule has 0 aromatic heterocycles. The third-order valence-corrected chi connectivity index (χ3v) is 0.819. The monoisotopic (exact) mass is 156 g/mol. The maximum atomic E-state index is 11.5. The zero-order valence-electron chi connectivity index (χ0n) is 4.74.